The first kappa shape index (κ1) is 22.5. The average molecular weight is 450 g/mol. The lowest BCUT2D eigenvalue weighted by molar-refractivity contribution is 0.0925. The summed E-state index contributed by atoms with van der Waals surface area (Å²) in [7, 11) is 0. The van der Waals surface area contributed by atoms with Gasteiger partial charge in [0.1, 0.15) is 0 Å². The number of Topliss-reactive ketones (excluding diaryl/α,β-unsaturated/α-hetero) is 2. The van der Waals surface area contributed by atoms with Gasteiger partial charge in [-0.25, -0.2) is 0 Å². The summed E-state index contributed by atoms with van der Waals surface area (Å²) in [6, 6.07) is 14.1. The number of aryl methyl sites for hydroxylation is 2. The van der Waals surface area contributed by atoms with Gasteiger partial charge in [0.2, 0.25) is 0 Å². The lowest BCUT2D eigenvalue weighted by Gasteiger charge is -2.35. The van der Waals surface area contributed by atoms with E-state index in [1.807, 2.05) is 24.3 Å². The Morgan fingerprint density at radius 2 is 1.72 bits per heavy atom. The average Bonchev–Trinajstić information content (AvgIpc) is 3.41. The fourth-order valence-electron chi connectivity index (χ4n) is 4.46. The molecule has 3 aromatic rings. The van der Waals surface area contributed by atoms with Crippen molar-refractivity contribution in [2.75, 3.05) is 37.6 Å². The molecule has 168 valence electrons. The number of hydrogen-bond donors (Lipinski definition) is 0. The van der Waals surface area contributed by atoms with Gasteiger partial charge in [-0.05, 0) is 69.0 Å². The number of piperazine rings is 1. The summed E-state index contributed by atoms with van der Waals surface area (Å²) in [4.78, 5) is 30.5. The summed E-state index contributed by atoms with van der Waals surface area (Å²) in [5, 5.41) is 2.11. The van der Waals surface area contributed by atoms with E-state index in [-0.39, 0.29) is 11.6 Å². The predicted molar refractivity (Wildman–Crippen MR) is 131 cm³/mol. The van der Waals surface area contributed by atoms with Crippen LogP contribution in [0.25, 0.3) is 0 Å². The van der Waals surface area contributed by atoms with Crippen LogP contribution in [0.15, 0.2) is 47.8 Å². The van der Waals surface area contributed by atoms with E-state index in [9.17, 15) is 9.59 Å². The number of benzene rings is 1. The molecule has 2 aromatic heterocycles. The Balaban J connectivity index is 1.33. The molecule has 1 fully saturated rings. The molecule has 0 unspecified atom stereocenters. The van der Waals surface area contributed by atoms with Gasteiger partial charge in [0.25, 0.3) is 0 Å². The van der Waals surface area contributed by atoms with Crippen molar-refractivity contribution in [2.45, 2.75) is 33.7 Å². The first-order valence-electron chi connectivity index (χ1n) is 11.2. The molecule has 0 bridgehead atoms. The molecular formula is C26H31N3O2S. The number of anilines is 1. The third kappa shape index (κ3) is 5.03. The second-order valence-electron chi connectivity index (χ2n) is 8.56. The van der Waals surface area contributed by atoms with Crippen LogP contribution in [-0.4, -0.2) is 53.8 Å². The van der Waals surface area contributed by atoms with Gasteiger partial charge in [0.15, 0.2) is 11.6 Å². The van der Waals surface area contributed by atoms with Crippen molar-refractivity contribution < 1.29 is 9.59 Å². The summed E-state index contributed by atoms with van der Waals surface area (Å²) in [5.74, 6) is 0.297. The Hall–Kier alpha value is -2.70. The van der Waals surface area contributed by atoms with Crippen molar-refractivity contribution >= 4 is 28.6 Å². The van der Waals surface area contributed by atoms with Crippen LogP contribution in [0.1, 0.15) is 43.9 Å². The van der Waals surface area contributed by atoms with Crippen LogP contribution in [-0.2, 0) is 13.0 Å². The minimum Gasteiger partial charge on any atom is -0.369 e. The van der Waals surface area contributed by atoms with Gasteiger partial charge in [-0.3, -0.25) is 14.5 Å². The van der Waals surface area contributed by atoms with E-state index in [1.54, 1.807) is 18.3 Å². The molecular weight excluding hydrogens is 418 g/mol. The van der Waals surface area contributed by atoms with Crippen molar-refractivity contribution in [3.63, 3.8) is 0 Å². The Morgan fingerprint density at radius 3 is 2.34 bits per heavy atom. The quantitative estimate of drug-likeness (QED) is 0.471. The Bertz CT molecular complexity index is 1080. The van der Waals surface area contributed by atoms with Crippen LogP contribution < -0.4 is 4.90 Å². The van der Waals surface area contributed by atoms with E-state index in [0.717, 1.165) is 67.3 Å². The number of nitrogens with zero attached hydrogens (tertiary/aromatic N) is 3. The van der Waals surface area contributed by atoms with Crippen molar-refractivity contribution in [3.8, 4) is 0 Å². The molecule has 1 aliphatic rings. The van der Waals surface area contributed by atoms with Crippen LogP contribution in [0.3, 0.4) is 0 Å². The summed E-state index contributed by atoms with van der Waals surface area (Å²) in [5.41, 5.74) is 4.96. The molecule has 6 heteroatoms. The minimum absolute atomic E-state index is 0.0887. The zero-order valence-corrected chi connectivity index (χ0v) is 20.0. The van der Waals surface area contributed by atoms with Gasteiger partial charge in [0, 0.05) is 65.8 Å². The van der Waals surface area contributed by atoms with E-state index in [4.69, 9.17) is 0 Å². The highest BCUT2D eigenvalue weighted by molar-refractivity contribution is 7.09. The molecule has 1 aromatic carbocycles. The molecule has 0 amide bonds. The van der Waals surface area contributed by atoms with E-state index in [2.05, 4.69) is 51.8 Å². The maximum atomic E-state index is 13.1. The molecule has 0 atom stereocenters. The molecule has 3 heterocycles. The molecule has 4 rings (SSSR count). The monoisotopic (exact) mass is 449 g/mol. The van der Waals surface area contributed by atoms with E-state index in [0.29, 0.717) is 6.54 Å². The minimum atomic E-state index is 0.0887. The maximum absolute atomic E-state index is 13.1. The van der Waals surface area contributed by atoms with Crippen molar-refractivity contribution in [3.05, 3.63) is 75.2 Å². The SMILES string of the molecule is CC(=O)c1ccc(N2CCN(CC(=O)c3cc(C)n(CCc4cccs4)c3C)CC2)cc1. The van der Waals surface area contributed by atoms with Crippen LogP contribution in [0, 0.1) is 13.8 Å². The molecule has 0 saturated carbocycles. The van der Waals surface area contributed by atoms with Crippen molar-refractivity contribution in [1.29, 1.82) is 0 Å². The summed E-state index contributed by atoms with van der Waals surface area (Å²) in [6.07, 6.45) is 0.997. The first-order chi connectivity index (χ1) is 15.4. The van der Waals surface area contributed by atoms with E-state index < -0.39 is 0 Å². The van der Waals surface area contributed by atoms with Crippen LogP contribution in [0.5, 0.6) is 0 Å². The fourth-order valence-corrected chi connectivity index (χ4v) is 5.16. The van der Waals surface area contributed by atoms with Gasteiger partial charge in [-0.15, -0.1) is 11.3 Å². The van der Waals surface area contributed by atoms with Crippen LogP contribution >= 0.6 is 11.3 Å². The number of hydrogen-bond acceptors (Lipinski definition) is 5. The maximum Gasteiger partial charge on any atom is 0.178 e. The van der Waals surface area contributed by atoms with E-state index in [1.165, 1.54) is 4.88 Å². The summed E-state index contributed by atoms with van der Waals surface area (Å²) < 4.78 is 2.27. The number of aromatic nitrogens is 1. The molecule has 0 aliphatic carbocycles. The van der Waals surface area contributed by atoms with Crippen LogP contribution in [0.4, 0.5) is 5.69 Å². The highest BCUT2D eigenvalue weighted by Gasteiger charge is 2.22. The molecule has 0 N–H and O–H groups in total. The molecule has 0 spiro atoms. The smallest absolute Gasteiger partial charge is 0.178 e. The van der Waals surface area contributed by atoms with Gasteiger partial charge in [-0.1, -0.05) is 6.07 Å². The lowest BCUT2D eigenvalue weighted by Crippen LogP contribution is -2.48. The molecule has 1 saturated heterocycles. The molecule has 1 aliphatic heterocycles. The normalized spacial score (nSPS) is 14.7. The second-order valence-corrected chi connectivity index (χ2v) is 9.59. The fraction of sp³-hybridized carbons (Fsp3) is 0.385. The molecule has 0 radical (unpaired) electrons. The third-order valence-electron chi connectivity index (χ3n) is 6.41. The zero-order chi connectivity index (χ0) is 22.7. The Kier molecular flexibility index (Phi) is 6.92. The van der Waals surface area contributed by atoms with Crippen LogP contribution in [0.2, 0.25) is 0 Å². The topological polar surface area (TPSA) is 45.6 Å². The largest absolute Gasteiger partial charge is 0.369 e. The number of thiophene rings is 1. The van der Waals surface area contributed by atoms with Gasteiger partial charge in [-0.2, -0.15) is 0 Å². The Morgan fingerprint density at radius 1 is 1.00 bits per heavy atom. The number of carbonyl (C=O) groups is 2. The Labute approximate surface area is 194 Å². The van der Waals surface area contributed by atoms with Gasteiger partial charge < -0.3 is 9.47 Å². The third-order valence-corrected chi connectivity index (χ3v) is 7.35. The van der Waals surface area contributed by atoms with Gasteiger partial charge >= 0.3 is 0 Å². The molecule has 5 nitrogen and oxygen atoms in total. The second kappa shape index (κ2) is 9.84. The highest BCUT2D eigenvalue weighted by Crippen LogP contribution is 2.20. The zero-order valence-electron chi connectivity index (χ0n) is 19.1. The predicted octanol–water partition coefficient (Wildman–Crippen LogP) is 4.62. The van der Waals surface area contributed by atoms with Crippen molar-refractivity contribution in [2.24, 2.45) is 0 Å². The van der Waals surface area contributed by atoms with Crippen molar-refractivity contribution in [1.82, 2.24) is 9.47 Å². The van der Waals surface area contributed by atoms with Gasteiger partial charge in [0.05, 0.1) is 6.54 Å². The summed E-state index contributed by atoms with van der Waals surface area (Å²) in [6.45, 7) is 10.6. The van der Waals surface area contributed by atoms with E-state index >= 15 is 0 Å². The number of carbonyl (C=O) groups excluding carboxylic acids is 2. The summed E-state index contributed by atoms with van der Waals surface area (Å²) >= 11 is 1.78. The number of ketones is 2. The highest BCUT2D eigenvalue weighted by atomic mass is 32.1. The lowest BCUT2D eigenvalue weighted by atomic mass is 10.1. The number of rotatable bonds is 8. The molecule has 32 heavy (non-hydrogen) atoms. The first-order valence-corrected chi connectivity index (χ1v) is 12.1. The standard InChI is InChI=1S/C26H31N3O2S/c1-19-17-25(20(2)29(19)11-10-24-5-4-16-32-24)26(31)18-27-12-14-28(15-13-27)23-8-6-22(7-9-23)21(3)30/h4-9,16-17H,10-15,18H2,1-3H3.